The minimum atomic E-state index is 0.133. The second kappa shape index (κ2) is 5.53. The smallest absolute Gasteiger partial charge is 0.263 e. The highest BCUT2D eigenvalue weighted by Gasteiger charge is 2.28. The second-order valence-electron chi connectivity index (χ2n) is 5.55. The van der Waals surface area contributed by atoms with E-state index in [4.69, 9.17) is 0 Å². The molecule has 0 spiro atoms. The Balaban J connectivity index is 1.60. The van der Waals surface area contributed by atoms with Crippen molar-refractivity contribution in [3.8, 4) is 0 Å². The van der Waals surface area contributed by atoms with Crippen molar-refractivity contribution in [2.45, 2.75) is 18.8 Å². The van der Waals surface area contributed by atoms with Crippen molar-refractivity contribution in [3.05, 3.63) is 52.6 Å². The zero-order valence-electron chi connectivity index (χ0n) is 12.1. The van der Waals surface area contributed by atoms with Crippen molar-refractivity contribution >= 4 is 22.9 Å². The van der Waals surface area contributed by atoms with Crippen molar-refractivity contribution in [3.63, 3.8) is 0 Å². The van der Waals surface area contributed by atoms with Gasteiger partial charge in [0.1, 0.15) is 5.82 Å². The molecule has 3 aromatic rings. The van der Waals surface area contributed by atoms with E-state index in [1.165, 1.54) is 11.3 Å². The van der Waals surface area contributed by atoms with Crippen LogP contribution in [0.3, 0.4) is 0 Å². The first-order chi connectivity index (χ1) is 10.8. The predicted octanol–water partition coefficient (Wildman–Crippen LogP) is 2.81. The van der Waals surface area contributed by atoms with Gasteiger partial charge in [-0.1, -0.05) is 12.1 Å². The molecule has 1 aliphatic heterocycles. The molecule has 0 bridgehead atoms. The molecule has 0 radical (unpaired) electrons. The summed E-state index contributed by atoms with van der Waals surface area (Å²) in [5, 5.41) is 10.5. The van der Waals surface area contributed by atoms with Crippen molar-refractivity contribution in [2.24, 2.45) is 0 Å². The summed E-state index contributed by atoms with van der Waals surface area (Å²) in [6, 6.07) is 9.71. The normalized spacial score (nSPS) is 18.7. The van der Waals surface area contributed by atoms with Gasteiger partial charge in [0.05, 0.1) is 4.88 Å². The van der Waals surface area contributed by atoms with Gasteiger partial charge in [0.2, 0.25) is 0 Å². The van der Waals surface area contributed by atoms with E-state index in [-0.39, 0.29) is 11.8 Å². The molecule has 3 aromatic heterocycles. The van der Waals surface area contributed by atoms with Crippen molar-refractivity contribution in [1.29, 1.82) is 0 Å². The van der Waals surface area contributed by atoms with Crippen LogP contribution in [0.5, 0.6) is 0 Å². The van der Waals surface area contributed by atoms with Gasteiger partial charge in [0.25, 0.3) is 5.91 Å². The first-order valence-corrected chi connectivity index (χ1v) is 8.33. The Kier molecular flexibility index (Phi) is 3.38. The third-order valence-electron chi connectivity index (χ3n) is 4.15. The molecular weight excluding hydrogens is 296 g/mol. The monoisotopic (exact) mass is 312 g/mol. The fourth-order valence-electron chi connectivity index (χ4n) is 3.07. The summed E-state index contributed by atoms with van der Waals surface area (Å²) in [7, 11) is 0. The van der Waals surface area contributed by atoms with Crippen LogP contribution in [-0.4, -0.2) is 38.5 Å². The van der Waals surface area contributed by atoms with Crippen LogP contribution in [0, 0.1) is 0 Å². The molecule has 0 aliphatic carbocycles. The molecule has 112 valence electrons. The number of aromatic nitrogens is 3. The molecule has 0 saturated carbocycles. The Bertz CT molecular complexity index is 795. The topological polar surface area (TPSA) is 50.5 Å². The van der Waals surface area contributed by atoms with Crippen LogP contribution in [-0.2, 0) is 0 Å². The average molecular weight is 312 g/mol. The Labute approximate surface area is 132 Å². The van der Waals surface area contributed by atoms with E-state index in [9.17, 15) is 4.79 Å². The van der Waals surface area contributed by atoms with Gasteiger partial charge in [-0.3, -0.25) is 9.20 Å². The molecule has 5 nitrogen and oxygen atoms in total. The van der Waals surface area contributed by atoms with Gasteiger partial charge in [0, 0.05) is 25.2 Å². The minimum absolute atomic E-state index is 0.133. The van der Waals surface area contributed by atoms with E-state index in [1.807, 2.05) is 51.2 Å². The van der Waals surface area contributed by atoms with Gasteiger partial charge >= 0.3 is 0 Å². The lowest BCUT2D eigenvalue weighted by atomic mass is 9.97. The number of fused-ring (bicyclic) bond motifs is 1. The first-order valence-electron chi connectivity index (χ1n) is 7.45. The van der Waals surface area contributed by atoms with E-state index >= 15 is 0 Å². The lowest BCUT2D eigenvalue weighted by Gasteiger charge is -2.31. The summed E-state index contributed by atoms with van der Waals surface area (Å²) in [6.45, 7) is 1.54. The average Bonchev–Trinajstić information content (AvgIpc) is 3.24. The van der Waals surface area contributed by atoms with Crippen LogP contribution in [0.4, 0.5) is 0 Å². The van der Waals surface area contributed by atoms with E-state index in [1.54, 1.807) is 0 Å². The number of hydrogen-bond acceptors (Lipinski definition) is 4. The van der Waals surface area contributed by atoms with E-state index < -0.39 is 0 Å². The molecule has 1 amide bonds. The molecule has 1 fully saturated rings. The Morgan fingerprint density at radius 2 is 2.18 bits per heavy atom. The minimum Gasteiger partial charge on any atom is -0.337 e. The molecule has 0 aromatic carbocycles. The Morgan fingerprint density at radius 3 is 3.05 bits per heavy atom. The third kappa shape index (κ3) is 2.29. The van der Waals surface area contributed by atoms with E-state index in [2.05, 4.69) is 10.2 Å². The highest BCUT2D eigenvalue weighted by atomic mass is 32.1. The predicted molar refractivity (Wildman–Crippen MR) is 85.2 cm³/mol. The van der Waals surface area contributed by atoms with Crippen LogP contribution < -0.4 is 0 Å². The van der Waals surface area contributed by atoms with Gasteiger partial charge in [-0.15, -0.1) is 21.5 Å². The van der Waals surface area contributed by atoms with Crippen LogP contribution in [0.2, 0.25) is 0 Å². The molecule has 0 unspecified atom stereocenters. The highest BCUT2D eigenvalue weighted by Crippen LogP contribution is 2.27. The van der Waals surface area contributed by atoms with Gasteiger partial charge in [-0.05, 0) is 36.4 Å². The number of thiophene rings is 1. The lowest BCUT2D eigenvalue weighted by molar-refractivity contribution is 0.0709. The van der Waals surface area contributed by atoms with Gasteiger partial charge < -0.3 is 4.90 Å². The SMILES string of the molecule is O=C(c1cccs1)N1CCC[C@@H](c2nnc3ccccn23)C1. The maximum absolute atomic E-state index is 12.5. The van der Waals surface area contributed by atoms with Crippen LogP contribution in [0.1, 0.15) is 34.3 Å². The van der Waals surface area contributed by atoms with Gasteiger partial charge in [0.15, 0.2) is 5.65 Å². The molecule has 4 rings (SSSR count). The number of pyridine rings is 1. The molecule has 1 aliphatic rings. The van der Waals surface area contributed by atoms with E-state index in [0.717, 1.165) is 35.7 Å². The summed E-state index contributed by atoms with van der Waals surface area (Å²) in [4.78, 5) is 15.3. The van der Waals surface area contributed by atoms with Crippen LogP contribution in [0.25, 0.3) is 5.65 Å². The highest BCUT2D eigenvalue weighted by molar-refractivity contribution is 7.12. The maximum atomic E-state index is 12.5. The zero-order chi connectivity index (χ0) is 14.9. The lowest BCUT2D eigenvalue weighted by Crippen LogP contribution is -2.39. The number of nitrogens with zero attached hydrogens (tertiary/aromatic N) is 4. The van der Waals surface area contributed by atoms with Gasteiger partial charge in [-0.2, -0.15) is 0 Å². The molecule has 6 heteroatoms. The number of rotatable bonds is 2. The molecule has 4 heterocycles. The molecule has 1 saturated heterocycles. The first kappa shape index (κ1) is 13.5. The molecule has 22 heavy (non-hydrogen) atoms. The fraction of sp³-hybridized carbons (Fsp3) is 0.312. The van der Waals surface area contributed by atoms with Crippen LogP contribution in [0.15, 0.2) is 41.9 Å². The van der Waals surface area contributed by atoms with Gasteiger partial charge in [-0.25, -0.2) is 0 Å². The number of amides is 1. The van der Waals surface area contributed by atoms with Crippen molar-refractivity contribution in [1.82, 2.24) is 19.5 Å². The number of carbonyl (C=O) groups is 1. The van der Waals surface area contributed by atoms with Crippen molar-refractivity contribution < 1.29 is 4.79 Å². The Morgan fingerprint density at radius 1 is 1.23 bits per heavy atom. The molecule has 0 N–H and O–H groups in total. The zero-order valence-corrected chi connectivity index (χ0v) is 12.9. The van der Waals surface area contributed by atoms with Crippen LogP contribution >= 0.6 is 11.3 Å². The van der Waals surface area contributed by atoms with E-state index in [0.29, 0.717) is 6.54 Å². The van der Waals surface area contributed by atoms with Crippen molar-refractivity contribution in [2.75, 3.05) is 13.1 Å². The second-order valence-corrected chi connectivity index (χ2v) is 6.50. The molecular formula is C16H16N4OS. The third-order valence-corrected chi connectivity index (χ3v) is 5.00. The fourth-order valence-corrected chi connectivity index (χ4v) is 3.76. The Hall–Kier alpha value is -2.21. The number of hydrogen-bond donors (Lipinski definition) is 0. The summed E-state index contributed by atoms with van der Waals surface area (Å²) in [5.41, 5.74) is 0.860. The number of carbonyl (C=O) groups excluding carboxylic acids is 1. The summed E-state index contributed by atoms with van der Waals surface area (Å²) >= 11 is 1.50. The number of likely N-dealkylation sites (tertiary alicyclic amines) is 1. The molecule has 1 atom stereocenters. The number of piperidine rings is 1. The standard InChI is InChI=1S/C16H16N4OS/c21-16(13-6-4-10-22-13)19-8-3-5-12(11-19)15-18-17-14-7-1-2-9-20(14)15/h1-2,4,6-7,9-10,12H,3,5,8,11H2/t12-/m1/s1. The summed E-state index contributed by atoms with van der Waals surface area (Å²) in [6.07, 6.45) is 4.04. The maximum Gasteiger partial charge on any atom is 0.263 e. The summed E-state index contributed by atoms with van der Waals surface area (Å²) in [5.74, 6) is 1.34. The quantitative estimate of drug-likeness (QED) is 0.731. The summed E-state index contributed by atoms with van der Waals surface area (Å²) < 4.78 is 2.03. The largest absolute Gasteiger partial charge is 0.337 e.